The molecule has 1 amide bonds. The fraction of sp³-hybridized carbons (Fsp3) is 0.353. The van der Waals surface area contributed by atoms with Gasteiger partial charge in [-0.3, -0.25) is 14.9 Å². The first-order valence-electron chi connectivity index (χ1n) is 7.64. The molecule has 0 radical (unpaired) electrons. The van der Waals surface area contributed by atoms with E-state index in [0.717, 1.165) is 5.56 Å². The second-order valence-electron chi connectivity index (χ2n) is 5.90. The highest BCUT2D eigenvalue weighted by Crippen LogP contribution is 2.48. The standard InChI is InChI=1S/C17H17FN2O4/c1-9-7-15(24-20-9)19-16(21)10(2)23-17(22)14-8-13(14)11-3-5-12(18)6-4-11/h3-7,10,13-14H,8H2,1-2H3,(H,19,21)/t10-,13+,14-/m0/s1. The number of rotatable bonds is 5. The van der Waals surface area contributed by atoms with Crippen LogP contribution in [0.4, 0.5) is 10.3 Å². The van der Waals surface area contributed by atoms with E-state index in [1.165, 1.54) is 19.1 Å². The molecule has 0 spiro atoms. The molecule has 3 atom stereocenters. The van der Waals surface area contributed by atoms with E-state index in [-0.39, 0.29) is 23.5 Å². The number of carbonyl (C=O) groups is 2. The van der Waals surface area contributed by atoms with E-state index >= 15 is 0 Å². The van der Waals surface area contributed by atoms with Crippen LogP contribution in [0.3, 0.4) is 0 Å². The Morgan fingerprint density at radius 1 is 1.38 bits per heavy atom. The quantitative estimate of drug-likeness (QED) is 0.852. The van der Waals surface area contributed by atoms with Crippen LogP contribution in [0.5, 0.6) is 0 Å². The number of esters is 1. The van der Waals surface area contributed by atoms with Crippen molar-refractivity contribution in [1.29, 1.82) is 0 Å². The smallest absolute Gasteiger partial charge is 0.310 e. The summed E-state index contributed by atoms with van der Waals surface area (Å²) in [4.78, 5) is 24.1. The molecule has 0 saturated heterocycles. The Bertz CT molecular complexity index is 756. The number of benzene rings is 1. The highest BCUT2D eigenvalue weighted by Gasteiger charge is 2.46. The number of hydrogen-bond acceptors (Lipinski definition) is 5. The number of anilines is 1. The summed E-state index contributed by atoms with van der Waals surface area (Å²) in [6.45, 7) is 3.22. The summed E-state index contributed by atoms with van der Waals surface area (Å²) >= 11 is 0. The van der Waals surface area contributed by atoms with Gasteiger partial charge in [0.25, 0.3) is 5.91 Å². The summed E-state index contributed by atoms with van der Waals surface area (Å²) in [7, 11) is 0. The third kappa shape index (κ3) is 3.61. The first kappa shape index (κ1) is 16.2. The number of aromatic nitrogens is 1. The van der Waals surface area contributed by atoms with Gasteiger partial charge in [-0.25, -0.2) is 4.39 Å². The Morgan fingerprint density at radius 3 is 2.71 bits per heavy atom. The minimum Gasteiger partial charge on any atom is -0.452 e. The minimum atomic E-state index is -0.947. The summed E-state index contributed by atoms with van der Waals surface area (Å²) in [5.41, 5.74) is 1.53. The van der Waals surface area contributed by atoms with Gasteiger partial charge in [0.1, 0.15) is 5.82 Å². The van der Waals surface area contributed by atoms with Gasteiger partial charge >= 0.3 is 5.97 Å². The lowest BCUT2D eigenvalue weighted by molar-refractivity contribution is -0.154. The van der Waals surface area contributed by atoms with E-state index in [0.29, 0.717) is 12.1 Å². The topological polar surface area (TPSA) is 81.4 Å². The van der Waals surface area contributed by atoms with Crippen LogP contribution in [-0.2, 0) is 14.3 Å². The second kappa shape index (κ2) is 6.43. The van der Waals surface area contributed by atoms with E-state index in [1.54, 1.807) is 25.1 Å². The zero-order valence-electron chi connectivity index (χ0n) is 13.3. The van der Waals surface area contributed by atoms with Crippen molar-refractivity contribution in [2.45, 2.75) is 32.3 Å². The van der Waals surface area contributed by atoms with Crippen LogP contribution in [0.15, 0.2) is 34.9 Å². The molecule has 1 aromatic heterocycles. The predicted octanol–water partition coefficient (Wildman–Crippen LogP) is 2.80. The summed E-state index contributed by atoms with van der Waals surface area (Å²) in [6, 6.07) is 7.63. The van der Waals surface area contributed by atoms with Crippen LogP contribution >= 0.6 is 0 Å². The normalized spacial score (nSPS) is 20.3. The third-order valence-corrected chi connectivity index (χ3v) is 3.93. The molecule has 1 aliphatic rings. The first-order chi connectivity index (χ1) is 11.4. The fourth-order valence-corrected chi connectivity index (χ4v) is 2.49. The monoisotopic (exact) mass is 332 g/mol. The highest BCUT2D eigenvalue weighted by molar-refractivity contribution is 5.94. The van der Waals surface area contributed by atoms with Crippen molar-refractivity contribution >= 4 is 17.8 Å². The SMILES string of the molecule is Cc1cc(NC(=O)[C@H](C)OC(=O)[C@H]2C[C@@H]2c2ccc(F)cc2)on1. The van der Waals surface area contributed by atoms with Gasteiger partial charge < -0.3 is 9.26 Å². The Kier molecular flexibility index (Phi) is 4.33. The molecule has 1 aliphatic carbocycles. The van der Waals surface area contributed by atoms with Crippen molar-refractivity contribution in [2.24, 2.45) is 5.92 Å². The number of nitrogens with one attached hydrogen (secondary N) is 1. The van der Waals surface area contributed by atoms with Crippen molar-refractivity contribution in [1.82, 2.24) is 5.16 Å². The minimum absolute atomic E-state index is 0.0188. The lowest BCUT2D eigenvalue weighted by Gasteiger charge is -2.12. The van der Waals surface area contributed by atoms with Crippen molar-refractivity contribution in [2.75, 3.05) is 5.32 Å². The van der Waals surface area contributed by atoms with Gasteiger partial charge in [0, 0.05) is 6.07 Å². The molecule has 1 N–H and O–H groups in total. The van der Waals surface area contributed by atoms with Gasteiger partial charge in [0.2, 0.25) is 5.88 Å². The molecule has 1 heterocycles. The van der Waals surface area contributed by atoms with Crippen molar-refractivity contribution in [3.63, 3.8) is 0 Å². The molecule has 6 nitrogen and oxygen atoms in total. The van der Waals surface area contributed by atoms with Gasteiger partial charge in [-0.1, -0.05) is 17.3 Å². The lowest BCUT2D eigenvalue weighted by atomic mass is 10.1. The Morgan fingerprint density at radius 2 is 2.08 bits per heavy atom. The summed E-state index contributed by atoms with van der Waals surface area (Å²) in [5, 5.41) is 6.14. The Hall–Kier alpha value is -2.70. The number of aryl methyl sites for hydroxylation is 1. The second-order valence-corrected chi connectivity index (χ2v) is 5.90. The molecule has 7 heteroatoms. The number of ether oxygens (including phenoxy) is 1. The van der Waals surface area contributed by atoms with E-state index in [1.807, 2.05) is 0 Å². The number of nitrogens with zero attached hydrogens (tertiary/aromatic N) is 1. The molecule has 0 bridgehead atoms. The summed E-state index contributed by atoms with van der Waals surface area (Å²) in [6.07, 6.45) is -0.308. The predicted molar refractivity (Wildman–Crippen MR) is 82.7 cm³/mol. The largest absolute Gasteiger partial charge is 0.452 e. The van der Waals surface area contributed by atoms with Gasteiger partial charge in [0.15, 0.2) is 6.10 Å². The van der Waals surface area contributed by atoms with Crippen LogP contribution in [0.25, 0.3) is 0 Å². The average Bonchev–Trinajstić information content (AvgIpc) is 3.24. The van der Waals surface area contributed by atoms with Gasteiger partial charge in [-0.05, 0) is 43.9 Å². The maximum absolute atomic E-state index is 12.9. The molecule has 3 rings (SSSR count). The van der Waals surface area contributed by atoms with Crippen molar-refractivity contribution < 1.29 is 23.2 Å². The number of amides is 1. The summed E-state index contributed by atoms with van der Waals surface area (Å²) < 4.78 is 23.0. The van der Waals surface area contributed by atoms with Gasteiger partial charge in [-0.15, -0.1) is 0 Å². The highest BCUT2D eigenvalue weighted by atomic mass is 19.1. The average molecular weight is 332 g/mol. The van der Waals surface area contributed by atoms with E-state index in [4.69, 9.17) is 9.26 Å². The van der Waals surface area contributed by atoms with E-state index < -0.39 is 18.0 Å². The molecule has 0 aliphatic heterocycles. The summed E-state index contributed by atoms with van der Waals surface area (Å²) in [5.74, 6) is -1.30. The molecule has 1 aromatic carbocycles. The van der Waals surface area contributed by atoms with Gasteiger partial charge in [-0.2, -0.15) is 0 Å². The maximum atomic E-state index is 12.9. The van der Waals surface area contributed by atoms with E-state index in [9.17, 15) is 14.0 Å². The molecule has 1 fully saturated rings. The molecular weight excluding hydrogens is 315 g/mol. The third-order valence-electron chi connectivity index (χ3n) is 3.93. The van der Waals surface area contributed by atoms with Crippen molar-refractivity contribution in [3.05, 3.63) is 47.4 Å². The molecule has 1 saturated carbocycles. The molecule has 24 heavy (non-hydrogen) atoms. The molecule has 2 aromatic rings. The first-order valence-corrected chi connectivity index (χ1v) is 7.64. The van der Waals surface area contributed by atoms with Crippen LogP contribution in [0.2, 0.25) is 0 Å². The van der Waals surface area contributed by atoms with Crippen molar-refractivity contribution in [3.8, 4) is 0 Å². The maximum Gasteiger partial charge on any atom is 0.310 e. The van der Waals surface area contributed by atoms with Crippen LogP contribution < -0.4 is 5.32 Å². The van der Waals surface area contributed by atoms with Gasteiger partial charge in [0.05, 0.1) is 11.6 Å². The zero-order chi connectivity index (χ0) is 17.3. The molecule has 126 valence electrons. The zero-order valence-corrected chi connectivity index (χ0v) is 13.3. The van der Waals surface area contributed by atoms with Crippen LogP contribution in [-0.4, -0.2) is 23.1 Å². The number of halogens is 1. The van der Waals surface area contributed by atoms with E-state index in [2.05, 4.69) is 10.5 Å². The number of hydrogen-bond donors (Lipinski definition) is 1. The molecular formula is C17H17FN2O4. The fourth-order valence-electron chi connectivity index (χ4n) is 2.49. The Balaban J connectivity index is 1.51. The molecule has 0 unspecified atom stereocenters. The van der Waals surface area contributed by atoms with Crippen LogP contribution in [0, 0.1) is 18.7 Å². The Labute approximate surface area is 138 Å². The van der Waals surface area contributed by atoms with Crippen LogP contribution in [0.1, 0.15) is 30.5 Å². The lowest BCUT2D eigenvalue weighted by Crippen LogP contribution is -2.30. The number of carbonyl (C=O) groups excluding carboxylic acids is 2.